The monoisotopic (exact) mass is 292 g/mol. The maximum Gasteiger partial charge on any atom is 0.155 e. The first kappa shape index (κ1) is 13.4. The van der Waals surface area contributed by atoms with Crippen LogP contribution in [0.3, 0.4) is 0 Å². The fraction of sp³-hybridized carbons (Fsp3) is 0.833. The van der Waals surface area contributed by atoms with Gasteiger partial charge in [-0.1, -0.05) is 12.0 Å². The van der Waals surface area contributed by atoms with Gasteiger partial charge in [-0.25, -0.2) is 0 Å². The van der Waals surface area contributed by atoms with Crippen LogP contribution in [0.25, 0.3) is 0 Å². The Balaban J connectivity index is 1.63. The van der Waals surface area contributed by atoms with Gasteiger partial charge in [0.25, 0.3) is 0 Å². The molecule has 0 aliphatic heterocycles. The second-order valence-corrected chi connectivity index (χ2v) is 8.00. The summed E-state index contributed by atoms with van der Waals surface area (Å²) in [4.78, 5) is 11.7. The molecule has 0 aromatic carbocycles. The molecule has 1 nitrogen and oxygen atoms in total. The number of ketones is 1. The zero-order valence-electron chi connectivity index (χ0n) is 12.2. The molecule has 0 heterocycles. The second kappa shape index (κ2) is 4.87. The third-order valence-electron chi connectivity index (χ3n) is 7.09. The molecule has 0 aromatic rings. The van der Waals surface area contributed by atoms with Gasteiger partial charge in [0, 0.05) is 12.3 Å². The predicted octanol–water partition coefficient (Wildman–Crippen LogP) is 4.74. The lowest BCUT2D eigenvalue weighted by Crippen LogP contribution is -2.46. The van der Waals surface area contributed by atoms with Crippen LogP contribution in [0.4, 0.5) is 0 Å². The Bertz CT molecular complexity index is 454. The summed E-state index contributed by atoms with van der Waals surface area (Å²) in [5.74, 6) is 4.65. The Hall–Kier alpha value is -0.300. The Labute approximate surface area is 127 Å². The van der Waals surface area contributed by atoms with Gasteiger partial charge in [0.1, 0.15) is 0 Å². The molecule has 0 saturated heterocycles. The summed E-state index contributed by atoms with van der Waals surface area (Å²) < 4.78 is 0. The first-order chi connectivity index (χ1) is 9.73. The molecule has 20 heavy (non-hydrogen) atoms. The molecule has 0 N–H and O–H groups in total. The van der Waals surface area contributed by atoms with Crippen LogP contribution in [0.15, 0.2) is 11.6 Å². The summed E-state index contributed by atoms with van der Waals surface area (Å²) in [6, 6.07) is 0. The molecule has 110 valence electrons. The first-order valence-corrected chi connectivity index (χ1v) is 9.06. The SMILES string of the molecule is O=C1C=C2CC[C@@H]3[C@H](CC[C@]4(CCl)CCC[C@@H]34)[C@H]2CC1. The number of alkyl halides is 1. The number of allylic oxidation sites excluding steroid dienone is 1. The van der Waals surface area contributed by atoms with Crippen LogP contribution in [-0.4, -0.2) is 11.7 Å². The van der Waals surface area contributed by atoms with Crippen molar-refractivity contribution >= 4 is 17.4 Å². The van der Waals surface area contributed by atoms with E-state index in [9.17, 15) is 4.79 Å². The standard InChI is InChI=1S/C18H25ClO/c19-11-18-8-1-2-17(18)16-5-3-12-10-13(20)4-6-14(12)15(16)7-9-18/h10,14-17H,1-9,11H2/t14-,15+,16+,17-,18-/m0/s1. The fourth-order valence-corrected chi connectivity index (χ4v) is 6.67. The van der Waals surface area contributed by atoms with Crippen molar-refractivity contribution in [2.45, 2.75) is 57.8 Å². The van der Waals surface area contributed by atoms with Crippen molar-refractivity contribution in [3.8, 4) is 0 Å². The average molecular weight is 293 g/mol. The normalized spacial score (nSPS) is 47.2. The molecule has 0 unspecified atom stereocenters. The first-order valence-electron chi connectivity index (χ1n) is 8.53. The quantitative estimate of drug-likeness (QED) is 0.638. The van der Waals surface area contributed by atoms with E-state index in [0.29, 0.717) is 11.2 Å². The topological polar surface area (TPSA) is 17.1 Å². The second-order valence-electron chi connectivity index (χ2n) is 7.73. The fourth-order valence-electron chi connectivity index (χ4n) is 6.21. The third kappa shape index (κ3) is 1.85. The number of halogens is 1. The van der Waals surface area contributed by atoms with Gasteiger partial charge >= 0.3 is 0 Å². The smallest absolute Gasteiger partial charge is 0.155 e. The summed E-state index contributed by atoms with van der Waals surface area (Å²) in [5, 5.41) is 0. The van der Waals surface area contributed by atoms with Crippen LogP contribution in [0, 0.1) is 29.1 Å². The van der Waals surface area contributed by atoms with E-state index >= 15 is 0 Å². The van der Waals surface area contributed by atoms with Crippen molar-refractivity contribution in [2.24, 2.45) is 29.1 Å². The minimum absolute atomic E-state index is 0.376. The van der Waals surface area contributed by atoms with Gasteiger partial charge in [0.05, 0.1) is 0 Å². The summed E-state index contributed by atoms with van der Waals surface area (Å²) in [7, 11) is 0. The highest BCUT2D eigenvalue weighted by atomic mass is 35.5. The van der Waals surface area contributed by atoms with Crippen LogP contribution in [0.5, 0.6) is 0 Å². The molecule has 4 aliphatic rings. The van der Waals surface area contributed by atoms with E-state index in [0.717, 1.165) is 42.4 Å². The van der Waals surface area contributed by atoms with E-state index in [1.807, 2.05) is 6.08 Å². The van der Waals surface area contributed by atoms with Gasteiger partial charge in [-0.05, 0) is 80.1 Å². The molecule has 0 bridgehead atoms. The van der Waals surface area contributed by atoms with Gasteiger partial charge < -0.3 is 0 Å². The molecule has 4 rings (SSSR count). The number of hydrogen-bond acceptors (Lipinski definition) is 1. The van der Waals surface area contributed by atoms with Crippen LogP contribution in [-0.2, 0) is 4.79 Å². The molecule has 0 radical (unpaired) electrons. The van der Waals surface area contributed by atoms with E-state index in [4.69, 9.17) is 11.6 Å². The number of rotatable bonds is 1. The maximum atomic E-state index is 11.7. The summed E-state index contributed by atoms with van der Waals surface area (Å²) in [6.07, 6.45) is 13.3. The number of carbonyl (C=O) groups is 1. The average Bonchev–Trinajstić information content (AvgIpc) is 2.91. The van der Waals surface area contributed by atoms with Crippen LogP contribution < -0.4 is 0 Å². The molecule has 5 atom stereocenters. The van der Waals surface area contributed by atoms with E-state index in [1.54, 1.807) is 0 Å². The van der Waals surface area contributed by atoms with E-state index in [1.165, 1.54) is 50.5 Å². The minimum atomic E-state index is 0.376. The highest BCUT2D eigenvalue weighted by molar-refractivity contribution is 6.18. The van der Waals surface area contributed by atoms with Crippen molar-refractivity contribution in [1.82, 2.24) is 0 Å². The molecule has 0 amide bonds. The van der Waals surface area contributed by atoms with Crippen molar-refractivity contribution in [1.29, 1.82) is 0 Å². The molecular formula is C18H25ClO. The van der Waals surface area contributed by atoms with Crippen molar-refractivity contribution < 1.29 is 4.79 Å². The van der Waals surface area contributed by atoms with Crippen molar-refractivity contribution in [3.05, 3.63) is 11.6 Å². The van der Waals surface area contributed by atoms with Gasteiger partial charge in [-0.3, -0.25) is 4.79 Å². The van der Waals surface area contributed by atoms with Gasteiger partial charge in [-0.2, -0.15) is 0 Å². The molecule has 0 aromatic heterocycles. The Kier molecular flexibility index (Phi) is 3.25. The van der Waals surface area contributed by atoms with E-state index in [-0.39, 0.29) is 0 Å². The van der Waals surface area contributed by atoms with Crippen molar-refractivity contribution in [3.63, 3.8) is 0 Å². The van der Waals surface area contributed by atoms with Gasteiger partial charge in [-0.15, -0.1) is 11.6 Å². The van der Waals surface area contributed by atoms with Crippen LogP contribution >= 0.6 is 11.6 Å². The summed E-state index contributed by atoms with van der Waals surface area (Å²) in [5.41, 5.74) is 1.98. The Morgan fingerprint density at radius 1 is 1.10 bits per heavy atom. The Morgan fingerprint density at radius 3 is 2.85 bits per heavy atom. The summed E-state index contributed by atoms with van der Waals surface area (Å²) in [6.45, 7) is 0. The molecule has 3 fully saturated rings. The summed E-state index contributed by atoms with van der Waals surface area (Å²) >= 11 is 6.40. The number of hydrogen-bond donors (Lipinski definition) is 0. The lowest BCUT2D eigenvalue weighted by molar-refractivity contribution is -0.116. The zero-order valence-corrected chi connectivity index (χ0v) is 13.0. The van der Waals surface area contributed by atoms with Gasteiger partial charge in [0.2, 0.25) is 0 Å². The lowest BCUT2D eigenvalue weighted by Gasteiger charge is -2.53. The molecule has 3 saturated carbocycles. The molecular weight excluding hydrogens is 268 g/mol. The predicted molar refractivity (Wildman–Crippen MR) is 81.8 cm³/mol. The highest BCUT2D eigenvalue weighted by Crippen LogP contribution is 2.62. The Morgan fingerprint density at radius 2 is 2.00 bits per heavy atom. The molecule has 4 aliphatic carbocycles. The van der Waals surface area contributed by atoms with E-state index in [2.05, 4.69) is 0 Å². The van der Waals surface area contributed by atoms with Crippen molar-refractivity contribution in [2.75, 3.05) is 5.88 Å². The van der Waals surface area contributed by atoms with Crippen LogP contribution in [0.2, 0.25) is 0 Å². The minimum Gasteiger partial charge on any atom is -0.295 e. The molecule has 2 heteroatoms. The largest absolute Gasteiger partial charge is 0.295 e. The number of carbonyl (C=O) groups excluding carboxylic acids is 1. The van der Waals surface area contributed by atoms with E-state index < -0.39 is 0 Å². The third-order valence-corrected chi connectivity index (χ3v) is 7.62. The molecule has 0 spiro atoms. The number of fused-ring (bicyclic) bond motifs is 5. The van der Waals surface area contributed by atoms with Crippen LogP contribution in [0.1, 0.15) is 57.8 Å². The lowest BCUT2D eigenvalue weighted by atomic mass is 9.52. The van der Waals surface area contributed by atoms with Gasteiger partial charge in [0.15, 0.2) is 5.78 Å². The highest BCUT2D eigenvalue weighted by Gasteiger charge is 2.53. The maximum absolute atomic E-state index is 11.7. The zero-order chi connectivity index (χ0) is 13.7.